The second-order valence-corrected chi connectivity index (χ2v) is 6.45. The van der Waals surface area contributed by atoms with Crippen molar-refractivity contribution >= 4 is 23.5 Å². The second-order valence-electron chi connectivity index (χ2n) is 6.45. The van der Waals surface area contributed by atoms with Crippen molar-refractivity contribution in [1.82, 2.24) is 0 Å². The van der Waals surface area contributed by atoms with Gasteiger partial charge < -0.3 is 14.8 Å². The van der Waals surface area contributed by atoms with Crippen molar-refractivity contribution in [3.8, 4) is 0 Å². The highest BCUT2D eigenvalue weighted by atomic mass is 16.6. The van der Waals surface area contributed by atoms with Gasteiger partial charge in [-0.15, -0.1) is 0 Å². The fourth-order valence-electron chi connectivity index (χ4n) is 2.96. The lowest BCUT2D eigenvalue weighted by atomic mass is 9.89. The maximum atomic E-state index is 12.9. The van der Waals surface area contributed by atoms with Gasteiger partial charge in [0.2, 0.25) is 0 Å². The maximum absolute atomic E-state index is 12.9. The summed E-state index contributed by atoms with van der Waals surface area (Å²) in [6.45, 7) is 3.39. The number of ether oxygens (including phenoxy) is 2. The highest BCUT2D eigenvalue weighted by Crippen LogP contribution is 2.30. The SMILES string of the molecule is COC(=O)c1cc(C)ccc1NC(=O)[C@@]1(C)Cc2ccccc2C(=O)O1. The third-order valence-electron chi connectivity index (χ3n) is 4.39. The Morgan fingerprint density at radius 2 is 1.92 bits per heavy atom. The monoisotopic (exact) mass is 353 g/mol. The van der Waals surface area contributed by atoms with Crippen molar-refractivity contribution in [2.45, 2.75) is 25.9 Å². The van der Waals surface area contributed by atoms with E-state index in [2.05, 4.69) is 5.32 Å². The Labute approximate surface area is 151 Å². The van der Waals surface area contributed by atoms with Crippen LogP contribution in [-0.2, 0) is 20.7 Å². The van der Waals surface area contributed by atoms with Crippen LogP contribution in [0.1, 0.15) is 38.8 Å². The Morgan fingerprint density at radius 1 is 1.19 bits per heavy atom. The molecule has 134 valence electrons. The van der Waals surface area contributed by atoms with Crippen molar-refractivity contribution in [3.63, 3.8) is 0 Å². The largest absolute Gasteiger partial charge is 0.465 e. The molecule has 6 heteroatoms. The highest BCUT2D eigenvalue weighted by Gasteiger charge is 2.42. The minimum Gasteiger partial charge on any atom is -0.465 e. The molecule has 0 fully saturated rings. The van der Waals surface area contributed by atoms with Gasteiger partial charge in [0.05, 0.1) is 23.9 Å². The molecule has 2 aromatic carbocycles. The normalized spacial score (nSPS) is 18.5. The van der Waals surface area contributed by atoms with Crippen LogP contribution in [0.25, 0.3) is 0 Å². The van der Waals surface area contributed by atoms with Crippen molar-refractivity contribution in [3.05, 3.63) is 64.7 Å². The Hall–Kier alpha value is -3.15. The molecule has 6 nitrogen and oxygen atoms in total. The van der Waals surface area contributed by atoms with E-state index in [-0.39, 0.29) is 12.0 Å². The number of cyclic esters (lactones) is 1. The minimum absolute atomic E-state index is 0.243. The van der Waals surface area contributed by atoms with Crippen molar-refractivity contribution in [1.29, 1.82) is 0 Å². The number of methoxy groups -OCH3 is 1. The Balaban J connectivity index is 1.90. The number of rotatable bonds is 3. The number of anilines is 1. The Kier molecular flexibility index (Phi) is 4.50. The number of fused-ring (bicyclic) bond motifs is 1. The number of carbonyl (C=O) groups excluding carboxylic acids is 3. The van der Waals surface area contributed by atoms with Crippen LogP contribution in [0, 0.1) is 6.92 Å². The van der Waals surface area contributed by atoms with Crippen LogP contribution in [-0.4, -0.2) is 30.6 Å². The fraction of sp³-hybridized carbons (Fsp3) is 0.250. The van der Waals surface area contributed by atoms with E-state index in [1.807, 2.05) is 13.0 Å². The number of aryl methyl sites for hydroxylation is 1. The van der Waals surface area contributed by atoms with Gasteiger partial charge >= 0.3 is 11.9 Å². The second kappa shape index (κ2) is 6.63. The standard InChI is InChI=1S/C20H19NO5/c1-12-8-9-16(15(10-12)17(22)25-3)21-19(24)20(2)11-13-6-4-5-7-14(13)18(23)26-20/h4-10H,11H2,1-3H3,(H,21,24)/t20-/m1/s1. The average Bonchev–Trinajstić information content (AvgIpc) is 2.62. The van der Waals surface area contributed by atoms with Gasteiger partial charge in [0.1, 0.15) is 0 Å². The van der Waals surface area contributed by atoms with Crippen LogP contribution in [0.4, 0.5) is 5.69 Å². The van der Waals surface area contributed by atoms with E-state index in [9.17, 15) is 14.4 Å². The molecule has 1 heterocycles. The number of amides is 1. The Bertz CT molecular complexity index is 905. The first-order chi connectivity index (χ1) is 12.3. The highest BCUT2D eigenvalue weighted by molar-refractivity contribution is 6.06. The van der Waals surface area contributed by atoms with Gasteiger partial charge in [-0.05, 0) is 37.6 Å². The van der Waals surface area contributed by atoms with E-state index >= 15 is 0 Å². The summed E-state index contributed by atoms with van der Waals surface area (Å²) in [5.41, 5.74) is 1.24. The fourth-order valence-corrected chi connectivity index (χ4v) is 2.96. The molecule has 1 amide bonds. The van der Waals surface area contributed by atoms with Crippen LogP contribution in [0.5, 0.6) is 0 Å². The molecule has 0 radical (unpaired) electrons. The van der Waals surface area contributed by atoms with Gasteiger partial charge in [-0.1, -0.05) is 29.8 Å². The molecular weight excluding hydrogens is 334 g/mol. The molecule has 2 aromatic rings. The van der Waals surface area contributed by atoms with E-state index in [1.165, 1.54) is 7.11 Å². The van der Waals surface area contributed by atoms with Crippen molar-refractivity contribution < 1.29 is 23.9 Å². The smallest absolute Gasteiger partial charge is 0.339 e. The van der Waals surface area contributed by atoms with Crippen LogP contribution in [0.15, 0.2) is 42.5 Å². The lowest BCUT2D eigenvalue weighted by molar-refractivity contribution is -0.134. The van der Waals surface area contributed by atoms with E-state index < -0.39 is 23.4 Å². The summed E-state index contributed by atoms with van der Waals surface area (Å²) in [5, 5.41) is 2.70. The van der Waals surface area contributed by atoms with Crippen molar-refractivity contribution in [2.75, 3.05) is 12.4 Å². The summed E-state index contributed by atoms with van der Waals surface area (Å²) < 4.78 is 10.2. The first-order valence-corrected chi connectivity index (χ1v) is 8.16. The zero-order chi connectivity index (χ0) is 18.9. The third kappa shape index (κ3) is 3.18. The summed E-state index contributed by atoms with van der Waals surface area (Å²) in [6.07, 6.45) is 0.250. The minimum atomic E-state index is -1.37. The van der Waals surface area contributed by atoms with Crippen molar-refractivity contribution in [2.24, 2.45) is 0 Å². The maximum Gasteiger partial charge on any atom is 0.339 e. The molecule has 3 rings (SSSR count). The molecule has 0 saturated heterocycles. The van der Waals surface area contributed by atoms with E-state index in [4.69, 9.17) is 9.47 Å². The predicted molar refractivity (Wildman–Crippen MR) is 95.1 cm³/mol. The molecule has 1 N–H and O–H groups in total. The number of hydrogen-bond acceptors (Lipinski definition) is 5. The van der Waals surface area contributed by atoms with Crippen LogP contribution < -0.4 is 5.32 Å². The summed E-state index contributed by atoms with van der Waals surface area (Å²) in [7, 11) is 1.28. The number of esters is 2. The van der Waals surface area contributed by atoms with Gasteiger partial charge in [-0.25, -0.2) is 9.59 Å². The first kappa shape index (κ1) is 17.7. The van der Waals surface area contributed by atoms with Gasteiger partial charge in [0.25, 0.3) is 5.91 Å². The van der Waals surface area contributed by atoms with E-state index in [0.717, 1.165) is 11.1 Å². The molecule has 0 aliphatic carbocycles. The van der Waals surface area contributed by atoms with Gasteiger partial charge in [-0.2, -0.15) is 0 Å². The van der Waals surface area contributed by atoms with E-state index in [1.54, 1.807) is 43.3 Å². The number of nitrogens with one attached hydrogen (secondary N) is 1. The first-order valence-electron chi connectivity index (χ1n) is 8.16. The predicted octanol–water partition coefficient (Wildman–Crippen LogP) is 2.89. The van der Waals surface area contributed by atoms with Gasteiger partial charge in [-0.3, -0.25) is 4.79 Å². The van der Waals surface area contributed by atoms with Gasteiger partial charge in [0, 0.05) is 6.42 Å². The van der Waals surface area contributed by atoms with Gasteiger partial charge in [0.15, 0.2) is 5.60 Å². The summed E-state index contributed by atoms with van der Waals surface area (Å²) in [4.78, 5) is 37.1. The van der Waals surface area contributed by atoms with E-state index in [0.29, 0.717) is 11.3 Å². The number of carbonyl (C=O) groups is 3. The number of hydrogen-bond donors (Lipinski definition) is 1. The van der Waals surface area contributed by atoms with Crippen LogP contribution >= 0.6 is 0 Å². The topological polar surface area (TPSA) is 81.7 Å². The molecule has 0 spiro atoms. The lowest BCUT2D eigenvalue weighted by Gasteiger charge is -2.33. The van der Waals surface area contributed by atoms with Crippen LogP contribution in [0.3, 0.4) is 0 Å². The zero-order valence-electron chi connectivity index (χ0n) is 14.8. The molecule has 26 heavy (non-hydrogen) atoms. The molecule has 0 aromatic heterocycles. The molecule has 1 aliphatic heterocycles. The molecule has 0 unspecified atom stereocenters. The zero-order valence-corrected chi connectivity index (χ0v) is 14.8. The molecule has 1 atom stereocenters. The molecule has 1 aliphatic rings. The molecule has 0 bridgehead atoms. The van der Waals surface area contributed by atoms with Crippen LogP contribution in [0.2, 0.25) is 0 Å². The third-order valence-corrected chi connectivity index (χ3v) is 4.39. The molecule has 0 saturated carbocycles. The summed E-state index contributed by atoms with van der Waals surface area (Å²) in [5.74, 6) is -1.60. The molecular formula is C20H19NO5. The number of benzene rings is 2. The lowest BCUT2D eigenvalue weighted by Crippen LogP contribution is -2.49. The Morgan fingerprint density at radius 3 is 2.65 bits per heavy atom. The average molecular weight is 353 g/mol. The quantitative estimate of drug-likeness (QED) is 0.858. The summed E-state index contributed by atoms with van der Waals surface area (Å²) >= 11 is 0. The summed E-state index contributed by atoms with van der Waals surface area (Å²) in [6, 6.07) is 12.1.